The van der Waals surface area contributed by atoms with Crippen LogP contribution in [0.2, 0.25) is 0 Å². The van der Waals surface area contributed by atoms with Crippen molar-refractivity contribution in [2.24, 2.45) is 0 Å². The molecular formula is C29H51NO3. The fourth-order valence-electron chi connectivity index (χ4n) is 4.79. The van der Waals surface area contributed by atoms with Crippen LogP contribution in [0.1, 0.15) is 115 Å². The highest BCUT2D eigenvalue weighted by Crippen LogP contribution is 2.30. The first-order valence-electron chi connectivity index (χ1n) is 13.4. The third-order valence-corrected chi connectivity index (χ3v) is 6.79. The lowest BCUT2D eigenvalue weighted by Gasteiger charge is -2.38. The minimum Gasteiger partial charge on any atom is -0.467 e. The Kier molecular flexibility index (Phi) is 16.0. The van der Waals surface area contributed by atoms with Gasteiger partial charge in [-0.25, -0.2) is 4.79 Å². The Labute approximate surface area is 204 Å². The van der Waals surface area contributed by atoms with Crippen LogP contribution in [0.25, 0.3) is 0 Å². The van der Waals surface area contributed by atoms with Crippen LogP contribution in [-0.4, -0.2) is 32.5 Å². The number of rotatable bonds is 19. The van der Waals surface area contributed by atoms with Gasteiger partial charge in [-0.05, 0) is 44.7 Å². The minimum absolute atomic E-state index is 0.147. The predicted molar refractivity (Wildman–Crippen MR) is 141 cm³/mol. The number of methoxy groups -OCH3 is 2. The quantitative estimate of drug-likeness (QED) is 0.118. The predicted octanol–water partition coefficient (Wildman–Crippen LogP) is 8.13. The summed E-state index contributed by atoms with van der Waals surface area (Å²) in [5, 5.41) is 0. The smallest absolute Gasteiger partial charge is 0.328 e. The summed E-state index contributed by atoms with van der Waals surface area (Å²) in [6.45, 7) is 8.38. The topological polar surface area (TPSA) is 38.8 Å². The Morgan fingerprint density at radius 1 is 0.818 bits per heavy atom. The maximum Gasteiger partial charge on any atom is 0.328 e. The Morgan fingerprint density at radius 3 is 1.70 bits per heavy atom. The van der Waals surface area contributed by atoms with Gasteiger partial charge in [-0.15, -0.1) is 0 Å². The van der Waals surface area contributed by atoms with Crippen molar-refractivity contribution in [1.29, 1.82) is 0 Å². The van der Waals surface area contributed by atoms with Gasteiger partial charge in [-0.3, -0.25) is 0 Å². The van der Waals surface area contributed by atoms with Gasteiger partial charge < -0.3 is 14.4 Å². The lowest BCUT2D eigenvalue weighted by atomic mass is 10.0. The van der Waals surface area contributed by atoms with Gasteiger partial charge in [-0.2, -0.15) is 0 Å². The molecule has 0 heterocycles. The maximum absolute atomic E-state index is 12.4. The number of esters is 1. The van der Waals surface area contributed by atoms with Crippen molar-refractivity contribution in [2.45, 2.75) is 130 Å². The van der Waals surface area contributed by atoms with Crippen LogP contribution in [0.3, 0.4) is 0 Å². The molecule has 2 atom stereocenters. The van der Waals surface area contributed by atoms with Gasteiger partial charge in [0.1, 0.15) is 12.3 Å². The molecule has 0 saturated heterocycles. The number of hydrogen-bond donors (Lipinski definition) is 0. The summed E-state index contributed by atoms with van der Waals surface area (Å²) in [5.74, 6) is -0.231. The maximum atomic E-state index is 12.4. The Hall–Kier alpha value is -1.55. The molecule has 0 saturated carbocycles. The molecule has 0 spiro atoms. The molecule has 0 radical (unpaired) electrons. The zero-order valence-electron chi connectivity index (χ0n) is 22.5. The number of benzene rings is 1. The number of nitrogens with zero attached hydrogens (tertiary/aromatic N) is 1. The van der Waals surface area contributed by atoms with Crippen LogP contribution in [-0.2, 0) is 14.3 Å². The van der Waals surface area contributed by atoms with Gasteiger partial charge >= 0.3 is 5.97 Å². The van der Waals surface area contributed by atoms with E-state index in [4.69, 9.17) is 9.47 Å². The summed E-state index contributed by atoms with van der Waals surface area (Å²) in [5.41, 5.74) is 3.38. The summed E-state index contributed by atoms with van der Waals surface area (Å²) in [6.07, 6.45) is 18.2. The number of anilines is 1. The summed E-state index contributed by atoms with van der Waals surface area (Å²) in [6, 6.07) is 5.85. The molecule has 33 heavy (non-hydrogen) atoms. The zero-order valence-corrected chi connectivity index (χ0v) is 22.5. The van der Waals surface area contributed by atoms with Crippen LogP contribution in [0, 0.1) is 13.8 Å². The Bertz CT molecular complexity index is 626. The van der Waals surface area contributed by atoms with Crippen LogP contribution in [0.4, 0.5) is 5.69 Å². The van der Waals surface area contributed by atoms with Gasteiger partial charge in [0.05, 0.1) is 7.11 Å². The molecule has 0 aliphatic heterocycles. The van der Waals surface area contributed by atoms with Crippen molar-refractivity contribution >= 4 is 11.7 Å². The van der Waals surface area contributed by atoms with E-state index < -0.39 is 6.04 Å². The van der Waals surface area contributed by atoms with Gasteiger partial charge in [-0.1, -0.05) is 102 Å². The van der Waals surface area contributed by atoms with E-state index in [2.05, 4.69) is 43.9 Å². The third-order valence-electron chi connectivity index (χ3n) is 6.79. The van der Waals surface area contributed by atoms with Crippen molar-refractivity contribution in [1.82, 2.24) is 0 Å². The Balaban J connectivity index is 2.45. The number of carbonyl (C=O) groups is 1. The van der Waals surface area contributed by atoms with Gasteiger partial charge in [0.2, 0.25) is 0 Å². The molecule has 0 aliphatic carbocycles. The first-order chi connectivity index (χ1) is 16.0. The summed E-state index contributed by atoms with van der Waals surface area (Å²) in [4.78, 5) is 14.6. The van der Waals surface area contributed by atoms with E-state index in [1.807, 2.05) is 6.92 Å². The minimum atomic E-state index is -0.401. The fourth-order valence-corrected chi connectivity index (χ4v) is 4.79. The van der Waals surface area contributed by atoms with Gasteiger partial charge in [0.15, 0.2) is 0 Å². The second kappa shape index (κ2) is 17.9. The lowest BCUT2D eigenvalue weighted by molar-refractivity contribution is -0.142. The molecule has 1 aromatic rings. The largest absolute Gasteiger partial charge is 0.467 e. The standard InChI is InChI=1S/C29H51NO3/c1-7-8-9-10-11-12-13-14-15-16-17-18-19-23-27(32-5)30(26(4)29(31)33-6)28-24(2)21-20-22-25(28)3/h20-22,26-27H,7-19,23H2,1-6H3. The molecular weight excluding hydrogens is 410 g/mol. The molecule has 1 aromatic carbocycles. The average molecular weight is 462 g/mol. The molecule has 4 heteroatoms. The van der Waals surface area contributed by atoms with Crippen molar-refractivity contribution in [3.8, 4) is 0 Å². The fraction of sp³-hybridized carbons (Fsp3) is 0.759. The normalized spacial score (nSPS) is 13.0. The van der Waals surface area contributed by atoms with Crippen LogP contribution in [0.5, 0.6) is 0 Å². The molecule has 2 unspecified atom stereocenters. The van der Waals surface area contributed by atoms with Gasteiger partial charge in [0.25, 0.3) is 0 Å². The van der Waals surface area contributed by atoms with E-state index in [0.717, 1.165) is 29.7 Å². The molecule has 0 bridgehead atoms. The monoisotopic (exact) mass is 461 g/mol. The van der Waals surface area contributed by atoms with Crippen LogP contribution >= 0.6 is 0 Å². The first kappa shape index (κ1) is 29.5. The number of hydrogen-bond acceptors (Lipinski definition) is 4. The highest BCUT2D eigenvalue weighted by atomic mass is 16.5. The average Bonchev–Trinajstić information content (AvgIpc) is 2.81. The number of para-hydroxylation sites is 1. The number of unbranched alkanes of at least 4 members (excludes halogenated alkanes) is 12. The van der Waals surface area contributed by atoms with Gasteiger partial charge in [0, 0.05) is 12.8 Å². The van der Waals surface area contributed by atoms with Crippen LogP contribution in [0.15, 0.2) is 18.2 Å². The molecule has 190 valence electrons. The van der Waals surface area contributed by atoms with E-state index in [1.165, 1.54) is 84.2 Å². The van der Waals surface area contributed by atoms with E-state index in [9.17, 15) is 4.79 Å². The molecule has 0 aromatic heterocycles. The van der Waals surface area contributed by atoms with E-state index in [0.29, 0.717) is 0 Å². The molecule has 0 amide bonds. The van der Waals surface area contributed by atoms with Crippen molar-refractivity contribution in [3.63, 3.8) is 0 Å². The zero-order chi connectivity index (χ0) is 24.5. The second-order valence-corrected chi connectivity index (χ2v) is 9.57. The Morgan fingerprint density at radius 2 is 1.27 bits per heavy atom. The number of aryl methyl sites for hydroxylation is 2. The molecule has 0 N–H and O–H groups in total. The first-order valence-corrected chi connectivity index (χ1v) is 13.4. The third kappa shape index (κ3) is 10.9. The molecule has 0 aliphatic rings. The van der Waals surface area contributed by atoms with E-state index in [-0.39, 0.29) is 12.2 Å². The highest BCUT2D eigenvalue weighted by molar-refractivity contribution is 5.80. The molecule has 4 nitrogen and oxygen atoms in total. The second-order valence-electron chi connectivity index (χ2n) is 9.57. The molecule has 0 fully saturated rings. The van der Waals surface area contributed by atoms with E-state index in [1.54, 1.807) is 7.11 Å². The number of carbonyl (C=O) groups excluding carboxylic acids is 1. The number of ether oxygens (including phenoxy) is 2. The van der Waals surface area contributed by atoms with Crippen molar-refractivity contribution in [3.05, 3.63) is 29.3 Å². The summed E-state index contributed by atoms with van der Waals surface area (Å²) in [7, 11) is 3.20. The van der Waals surface area contributed by atoms with E-state index >= 15 is 0 Å². The lowest BCUT2D eigenvalue weighted by Crippen LogP contribution is -2.48. The van der Waals surface area contributed by atoms with Crippen molar-refractivity contribution < 1.29 is 14.3 Å². The van der Waals surface area contributed by atoms with Crippen molar-refractivity contribution in [2.75, 3.05) is 19.1 Å². The summed E-state index contributed by atoms with van der Waals surface area (Å²) >= 11 is 0. The highest BCUT2D eigenvalue weighted by Gasteiger charge is 2.30. The molecule has 1 rings (SSSR count). The SMILES string of the molecule is CCCCCCCCCCCCCCCC(OC)N(c1c(C)cccc1C)C(C)C(=O)OC. The van der Waals surface area contributed by atoms with Crippen LogP contribution < -0.4 is 4.90 Å². The summed E-state index contributed by atoms with van der Waals surface area (Å²) < 4.78 is 11.0.